The Hall–Kier alpha value is -6.60. The van der Waals surface area contributed by atoms with Gasteiger partial charge in [-0.05, 0) is 170 Å². The zero-order valence-corrected chi connectivity index (χ0v) is 47.8. The van der Waals surface area contributed by atoms with Gasteiger partial charge in [0.05, 0.1) is 21.8 Å². The molecular weight excluding hydrogens is 958 g/mol. The largest absolute Gasteiger partial charge is 0.311 e. The van der Waals surface area contributed by atoms with Crippen LogP contribution in [0.1, 0.15) is 130 Å². The van der Waals surface area contributed by atoms with Crippen LogP contribution in [0, 0.1) is 0 Å². The molecule has 0 atom stereocenters. The molecule has 0 fully saturated rings. The Morgan fingerprint density at radius 1 is 0.447 bits per heavy atom. The maximum absolute atomic E-state index is 2.75. The molecule has 2 aromatic heterocycles. The number of nitrogens with zero attached hydrogens (tertiary/aromatic N) is 3. The van der Waals surface area contributed by atoms with Gasteiger partial charge in [0, 0.05) is 64.5 Å². The highest BCUT2D eigenvalue weighted by Crippen LogP contribution is 2.56. The van der Waals surface area contributed by atoms with E-state index in [2.05, 4.69) is 266 Å². The van der Waals surface area contributed by atoms with Crippen LogP contribution < -0.4 is 30.4 Å². The molecule has 6 heteroatoms. The van der Waals surface area contributed by atoms with Crippen LogP contribution in [0.25, 0.3) is 30.3 Å². The van der Waals surface area contributed by atoms with Crippen molar-refractivity contribution < 1.29 is 0 Å². The lowest BCUT2D eigenvalue weighted by atomic mass is 9.35. The van der Waals surface area contributed by atoms with Crippen molar-refractivity contribution >= 4 is 127 Å². The SMILES string of the molecule is CC(C)(C)c1ccc(N2c3cc4c(cc3B3c5sc6cc7c(cc6c5N(c5cccc6c5sc5ccccc56)c5cc(N(c6ccccc6)c6ccccc6)cc2c53)C(C)(C)CCC7(C)C)C(C)(C)CCC4(C)C)cc1. The molecule has 76 heavy (non-hydrogen) atoms. The zero-order chi connectivity index (χ0) is 52.4. The average molecular weight is 1030 g/mol. The first-order valence-electron chi connectivity index (χ1n) is 27.8. The maximum Gasteiger partial charge on any atom is 0.264 e. The van der Waals surface area contributed by atoms with E-state index >= 15 is 0 Å². The monoisotopic (exact) mass is 1030 g/mol. The molecule has 2 aliphatic carbocycles. The van der Waals surface area contributed by atoms with Crippen LogP contribution in [0.4, 0.5) is 51.2 Å². The molecule has 0 radical (unpaired) electrons. The van der Waals surface area contributed by atoms with Crippen LogP contribution in [0.5, 0.6) is 0 Å². The summed E-state index contributed by atoms with van der Waals surface area (Å²) in [4.78, 5) is 7.91. The summed E-state index contributed by atoms with van der Waals surface area (Å²) < 4.78 is 5.46. The molecule has 0 N–H and O–H groups in total. The van der Waals surface area contributed by atoms with Crippen LogP contribution in [-0.2, 0) is 27.1 Å². The molecule has 0 unspecified atom stereocenters. The lowest BCUT2D eigenvalue weighted by Gasteiger charge is -2.47. The molecule has 378 valence electrons. The molecular formula is C70H68BN3S2. The third-order valence-corrected chi connectivity index (χ3v) is 20.9. The fraction of sp³-hybridized carbons (Fsp3) is 0.286. The van der Waals surface area contributed by atoms with Crippen molar-refractivity contribution in [2.45, 2.75) is 129 Å². The lowest BCUT2D eigenvalue weighted by Crippen LogP contribution is -2.61. The van der Waals surface area contributed by atoms with E-state index in [-0.39, 0.29) is 33.8 Å². The van der Waals surface area contributed by atoms with Gasteiger partial charge in [0.2, 0.25) is 0 Å². The summed E-state index contributed by atoms with van der Waals surface area (Å²) in [6.45, 7) is 26.9. The van der Waals surface area contributed by atoms with E-state index in [9.17, 15) is 0 Å². The minimum absolute atomic E-state index is 0.0123. The summed E-state index contributed by atoms with van der Waals surface area (Å²) in [6.07, 6.45) is 4.66. The first-order chi connectivity index (χ1) is 36.3. The summed E-state index contributed by atoms with van der Waals surface area (Å²) in [6, 6.07) is 63.5. The van der Waals surface area contributed by atoms with Crippen molar-refractivity contribution in [1.82, 2.24) is 0 Å². The molecule has 14 rings (SSSR count). The molecule has 0 bridgehead atoms. The van der Waals surface area contributed by atoms with Crippen LogP contribution in [-0.4, -0.2) is 6.71 Å². The van der Waals surface area contributed by atoms with Crippen LogP contribution in [0.15, 0.2) is 164 Å². The van der Waals surface area contributed by atoms with Crippen LogP contribution in [0.3, 0.4) is 0 Å². The predicted octanol–water partition coefficient (Wildman–Crippen LogP) is 18.8. The molecule has 8 aromatic carbocycles. The lowest BCUT2D eigenvalue weighted by molar-refractivity contribution is 0.332. The number of thiophene rings is 2. The number of para-hydroxylation sites is 2. The van der Waals surface area contributed by atoms with Gasteiger partial charge in [0.15, 0.2) is 0 Å². The topological polar surface area (TPSA) is 9.72 Å². The third kappa shape index (κ3) is 7.11. The first kappa shape index (κ1) is 47.8. The van der Waals surface area contributed by atoms with E-state index in [0.29, 0.717) is 0 Å². The van der Waals surface area contributed by atoms with Gasteiger partial charge in [-0.2, -0.15) is 0 Å². The van der Waals surface area contributed by atoms with Gasteiger partial charge in [0.1, 0.15) is 0 Å². The van der Waals surface area contributed by atoms with Gasteiger partial charge in [-0.15, -0.1) is 22.7 Å². The quantitative estimate of drug-likeness (QED) is 0.159. The van der Waals surface area contributed by atoms with E-state index < -0.39 is 0 Å². The van der Waals surface area contributed by atoms with Crippen molar-refractivity contribution in [3.05, 3.63) is 192 Å². The van der Waals surface area contributed by atoms with E-state index in [1.807, 2.05) is 11.3 Å². The number of hydrogen-bond donors (Lipinski definition) is 0. The molecule has 0 spiro atoms. The van der Waals surface area contributed by atoms with E-state index in [4.69, 9.17) is 0 Å². The van der Waals surface area contributed by atoms with Gasteiger partial charge in [-0.25, -0.2) is 0 Å². The minimum atomic E-state index is -0.0181. The predicted molar refractivity (Wildman–Crippen MR) is 333 cm³/mol. The van der Waals surface area contributed by atoms with Crippen molar-refractivity contribution in [2.24, 2.45) is 0 Å². The Balaban J connectivity index is 1.17. The summed E-state index contributed by atoms with van der Waals surface area (Å²) in [7, 11) is 0. The smallest absolute Gasteiger partial charge is 0.264 e. The van der Waals surface area contributed by atoms with Gasteiger partial charge < -0.3 is 14.7 Å². The van der Waals surface area contributed by atoms with Gasteiger partial charge >= 0.3 is 0 Å². The van der Waals surface area contributed by atoms with Crippen molar-refractivity contribution in [3.8, 4) is 0 Å². The highest BCUT2D eigenvalue weighted by molar-refractivity contribution is 7.34. The van der Waals surface area contributed by atoms with Crippen molar-refractivity contribution in [2.75, 3.05) is 14.7 Å². The van der Waals surface area contributed by atoms with Crippen molar-refractivity contribution in [1.29, 1.82) is 0 Å². The standard InChI is InChI=1S/C70H68BN3S2/c1-66(2,3)43-29-31-46(32-30-43)73-57-41-53-52(68(6,7)34-35-69(53,8)9)40-55(57)71-62-58(73)37-47(72(44-21-14-12-15-22-44)45-23-16-13-17-24-45)38-59(62)74(56-27-20-26-49-48-25-18-19-28-60(48)75-64(49)56)63-50-39-51-54(42-61(50)76-65(63)71)70(10,11)36-33-67(51,4)5/h12-32,37-42H,33-36H2,1-11H3. The molecule has 4 aliphatic rings. The number of benzene rings is 8. The van der Waals surface area contributed by atoms with Gasteiger partial charge in [0.25, 0.3) is 6.71 Å². The Morgan fingerprint density at radius 3 is 1.61 bits per heavy atom. The highest BCUT2D eigenvalue weighted by Gasteiger charge is 2.49. The molecule has 0 saturated carbocycles. The third-order valence-electron chi connectivity index (χ3n) is 18.5. The Morgan fingerprint density at radius 2 is 0.987 bits per heavy atom. The number of anilines is 9. The summed E-state index contributed by atoms with van der Waals surface area (Å²) in [5.74, 6) is 0. The first-order valence-corrected chi connectivity index (χ1v) is 29.4. The van der Waals surface area contributed by atoms with E-state index in [1.165, 1.54) is 121 Å². The second-order valence-electron chi connectivity index (χ2n) is 26.3. The number of rotatable bonds is 5. The summed E-state index contributed by atoms with van der Waals surface area (Å²) >= 11 is 4.00. The second kappa shape index (κ2) is 16.5. The van der Waals surface area contributed by atoms with Gasteiger partial charge in [-0.1, -0.05) is 161 Å². The zero-order valence-electron chi connectivity index (χ0n) is 46.2. The minimum Gasteiger partial charge on any atom is -0.311 e. The number of fused-ring (bicyclic) bond motifs is 11. The summed E-state index contributed by atoms with van der Waals surface area (Å²) in [5.41, 5.74) is 21.2. The molecule has 2 aliphatic heterocycles. The van der Waals surface area contributed by atoms with Crippen LogP contribution >= 0.6 is 22.7 Å². The molecule has 3 nitrogen and oxygen atoms in total. The van der Waals surface area contributed by atoms with Crippen LogP contribution in [0.2, 0.25) is 0 Å². The molecule has 10 aromatic rings. The Bertz CT molecular complexity index is 3960. The Kier molecular flexibility index (Phi) is 10.4. The second-order valence-corrected chi connectivity index (χ2v) is 28.4. The molecule has 4 heterocycles. The average Bonchev–Trinajstić information content (AvgIpc) is 4.02. The number of hydrogen-bond acceptors (Lipinski definition) is 5. The summed E-state index contributed by atoms with van der Waals surface area (Å²) in [5, 5.41) is 3.99. The highest BCUT2D eigenvalue weighted by atomic mass is 32.1. The molecule has 0 saturated heterocycles. The Labute approximate surface area is 458 Å². The maximum atomic E-state index is 2.75. The molecule has 0 amide bonds. The van der Waals surface area contributed by atoms with Gasteiger partial charge in [-0.3, -0.25) is 0 Å². The van der Waals surface area contributed by atoms with E-state index in [0.717, 1.165) is 29.9 Å². The van der Waals surface area contributed by atoms with E-state index in [1.54, 1.807) is 0 Å². The normalized spacial score (nSPS) is 17.5. The fourth-order valence-corrected chi connectivity index (χ4v) is 16.4. The van der Waals surface area contributed by atoms with Crippen molar-refractivity contribution in [3.63, 3.8) is 0 Å². The fourth-order valence-electron chi connectivity index (χ4n) is 13.9.